The van der Waals surface area contributed by atoms with Crippen molar-refractivity contribution >= 4 is 21.4 Å². The Kier molecular flexibility index (Phi) is 5.60. The minimum atomic E-state index is -3.31. The maximum atomic E-state index is 12.8. The third-order valence-electron chi connectivity index (χ3n) is 3.82. The van der Waals surface area contributed by atoms with E-state index in [4.69, 9.17) is 0 Å². The molecule has 1 aliphatic carbocycles. The molecule has 1 aromatic rings. The molecule has 0 spiro atoms. The van der Waals surface area contributed by atoms with E-state index >= 15 is 0 Å². The quantitative estimate of drug-likeness (QED) is 0.841. The van der Waals surface area contributed by atoms with Crippen LogP contribution in [0.15, 0.2) is 15.7 Å². The molecule has 1 saturated carbocycles. The average Bonchev–Trinajstić information content (AvgIpc) is 3.08. The van der Waals surface area contributed by atoms with Crippen LogP contribution in [0, 0.1) is 0 Å². The summed E-state index contributed by atoms with van der Waals surface area (Å²) >= 11 is 1.34. The Hall–Kier alpha value is -0.430. The van der Waals surface area contributed by atoms with E-state index < -0.39 is 10.0 Å². The van der Waals surface area contributed by atoms with Crippen LogP contribution >= 0.6 is 11.3 Å². The van der Waals surface area contributed by atoms with Crippen LogP contribution < -0.4 is 5.32 Å². The van der Waals surface area contributed by atoms with E-state index in [1.54, 1.807) is 4.31 Å². The van der Waals surface area contributed by atoms with Gasteiger partial charge in [-0.05, 0) is 36.4 Å². The molecule has 0 unspecified atom stereocenters. The highest BCUT2D eigenvalue weighted by molar-refractivity contribution is 7.91. The Morgan fingerprint density at radius 2 is 2.05 bits per heavy atom. The van der Waals surface area contributed by atoms with E-state index in [0.29, 0.717) is 10.8 Å². The average molecular weight is 316 g/mol. The molecular formula is C14H24N2O2S2. The smallest absolute Gasteiger partial charge is 0.252 e. The predicted molar refractivity (Wildman–Crippen MR) is 83.5 cm³/mol. The van der Waals surface area contributed by atoms with Gasteiger partial charge in [-0.3, -0.25) is 0 Å². The van der Waals surface area contributed by atoms with E-state index in [1.165, 1.54) is 11.3 Å². The van der Waals surface area contributed by atoms with Crippen molar-refractivity contribution in [3.63, 3.8) is 0 Å². The summed E-state index contributed by atoms with van der Waals surface area (Å²) in [5.41, 5.74) is 1.05. The zero-order chi connectivity index (χ0) is 14.6. The Balaban J connectivity index is 2.17. The van der Waals surface area contributed by atoms with Crippen molar-refractivity contribution in [3.8, 4) is 0 Å². The van der Waals surface area contributed by atoms with Gasteiger partial charge in [0.15, 0.2) is 0 Å². The molecule has 20 heavy (non-hydrogen) atoms. The fourth-order valence-electron chi connectivity index (χ4n) is 2.78. The van der Waals surface area contributed by atoms with Crippen LogP contribution in [0.3, 0.4) is 0 Å². The molecule has 0 amide bonds. The number of nitrogens with one attached hydrogen (secondary N) is 1. The lowest BCUT2D eigenvalue weighted by Crippen LogP contribution is -2.38. The van der Waals surface area contributed by atoms with Crippen LogP contribution in [0.5, 0.6) is 0 Å². The predicted octanol–water partition coefficient (Wildman–Crippen LogP) is 2.81. The van der Waals surface area contributed by atoms with Crippen LogP contribution in [0.4, 0.5) is 0 Å². The molecule has 0 saturated heterocycles. The summed E-state index contributed by atoms with van der Waals surface area (Å²) in [6.45, 7) is 6.17. The van der Waals surface area contributed by atoms with E-state index in [2.05, 4.69) is 5.32 Å². The normalized spacial score (nSPS) is 17.1. The van der Waals surface area contributed by atoms with Gasteiger partial charge in [-0.15, -0.1) is 11.3 Å². The summed E-state index contributed by atoms with van der Waals surface area (Å²) in [4.78, 5) is 0. The highest BCUT2D eigenvalue weighted by Gasteiger charge is 2.32. The van der Waals surface area contributed by atoms with Gasteiger partial charge in [-0.25, -0.2) is 8.42 Å². The molecule has 0 aromatic carbocycles. The monoisotopic (exact) mass is 316 g/mol. The second kappa shape index (κ2) is 7.02. The van der Waals surface area contributed by atoms with Crippen LogP contribution in [0.2, 0.25) is 0 Å². The maximum Gasteiger partial charge on any atom is 0.252 e. The van der Waals surface area contributed by atoms with E-state index in [0.717, 1.165) is 44.3 Å². The standard InChI is InChI=1S/C14H24N2O2S2/c1-3-15-10-12-9-14(19-11-12)20(17,18)16(4-2)13-7-5-6-8-13/h9,11,13,15H,3-8,10H2,1-2H3. The lowest BCUT2D eigenvalue weighted by molar-refractivity contribution is 0.336. The molecule has 6 heteroatoms. The first-order valence-corrected chi connectivity index (χ1v) is 9.71. The van der Waals surface area contributed by atoms with Gasteiger partial charge in [0.05, 0.1) is 0 Å². The van der Waals surface area contributed by atoms with Crippen LogP contribution in [0.25, 0.3) is 0 Å². The number of hydrogen-bond acceptors (Lipinski definition) is 4. The zero-order valence-electron chi connectivity index (χ0n) is 12.3. The van der Waals surface area contributed by atoms with Crippen molar-refractivity contribution in [2.24, 2.45) is 0 Å². The summed E-state index contributed by atoms with van der Waals surface area (Å²) in [6, 6.07) is 2.02. The number of thiophene rings is 1. The van der Waals surface area contributed by atoms with E-state index in [1.807, 2.05) is 25.3 Å². The lowest BCUT2D eigenvalue weighted by atomic mass is 10.2. The molecule has 2 rings (SSSR count). The Bertz CT molecular complexity index is 519. The van der Waals surface area contributed by atoms with Crippen molar-refractivity contribution in [2.45, 2.75) is 56.3 Å². The number of nitrogens with zero attached hydrogens (tertiary/aromatic N) is 1. The zero-order valence-corrected chi connectivity index (χ0v) is 13.9. The second-order valence-corrected chi connectivity index (χ2v) is 8.23. The topological polar surface area (TPSA) is 49.4 Å². The van der Waals surface area contributed by atoms with Crippen LogP contribution in [0.1, 0.15) is 45.1 Å². The van der Waals surface area contributed by atoms with Gasteiger partial charge in [-0.1, -0.05) is 26.7 Å². The minimum Gasteiger partial charge on any atom is -0.313 e. The highest BCUT2D eigenvalue weighted by atomic mass is 32.2. The van der Waals surface area contributed by atoms with Crippen molar-refractivity contribution in [3.05, 3.63) is 17.0 Å². The molecule has 0 atom stereocenters. The molecule has 1 N–H and O–H groups in total. The van der Waals surface area contributed by atoms with E-state index in [9.17, 15) is 8.42 Å². The van der Waals surface area contributed by atoms with Crippen LogP contribution in [-0.2, 0) is 16.6 Å². The third-order valence-corrected chi connectivity index (χ3v) is 7.31. The Morgan fingerprint density at radius 1 is 1.35 bits per heavy atom. The molecule has 0 bridgehead atoms. The molecular weight excluding hydrogens is 292 g/mol. The number of sulfonamides is 1. The van der Waals surface area contributed by atoms with Gasteiger partial charge in [0, 0.05) is 19.1 Å². The Morgan fingerprint density at radius 3 is 2.65 bits per heavy atom. The fourth-order valence-corrected chi connectivity index (χ4v) is 5.81. The first kappa shape index (κ1) is 15.9. The Labute approximate surface area is 126 Å². The minimum absolute atomic E-state index is 0.198. The molecule has 1 fully saturated rings. The first-order chi connectivity index (χ1) is 9.59. The van der Waals surface area contributed by atoms with Gasteiger partial charge in [0.1, 0.15) is 4.21 Å². The second-order valence-electron chi connectivity index (χ2n) is 5.20. The van der Waals surface area contributed by atoms with Gasteiger partial charge >= 0.3 is 0 Å². The molecule has 4 nitrogen and oxygen atoms in total. The molecule has 1 aromatic heterocycles. The number of rotatable bonds is 7. The fraction of sp³-hybridized carbons (Fsp3) is 0.714. The summed E-state index contributed by atoms with van der Waals surface area (Å²) in [7, 11) is -3.31. The number of hydrogen-bond donors (Lipinski definition) is 1. The molecule has 1 aliphatic rings. The van der Waals surface area contributed by atoms with Crippen molar-refractivity contribution in [1.82, 2.24) is 9.62 Å². The van der Waals surface area contributed by atoms with Gasteiger partial charge in [0.25, 0.3) is 10.0 Å². The highest BCUT2D eigenvalue weighted by Crippen LogP contribution is 2.31. The SMILES string of the molecule is CCNCc1csc(S(=O)(=O)N(CC)C2CCCC2)c1. The van der Waals surface area contributed by atoms with Crippen molar-refractivity contribution in [1.29, 1.82) is 0 Å². The molecule has 0 radical (unpaired) electrons. The van der Waals surface area contributed by atoms with Crippen molar-refractivity contribution < 1.29 is 8.42 Å². The summed E-state index contributed by atoms with van der Waals surface area (Å²) in [5, 5.41) is 5.17. The first-order valence-electron chi connectivity index (χ1n) is 7.39. The summed E-state index contributed by atoms with van der Waals surface area (Å²) in [6.07, 6.45) is 4.30. The third kappa shape index (κ3) is 3.42. The lowest BCUT2D eigenvalue weighted by Gasteiger charge is -2.25. The molecule has 0 aliphatic heterocycles. The summed E-state index contributed by atoms with van der Waals surface area (Å²) in [5.74, 6) is 0. The molecule has 114 valence electrons. The van der Waals surface area contributed by atoms with E-state index in [-0.39, 0.29) is 6.04 Å². The van der Waals surface area contributed by atoms with Gasteiger partial charge in [0.2, 0.25) is 0 Å². The largest absolute Gasteiger partial charge is 0.313 e. The van der Waals surface area contributed by atoms with Gasteiger partial charge in [-0.2, -0.15) is 4.31 Å². The van der Waals surface area contributed by atoms with Gasteiger partial charge < -0.3 is 5.32 Å². The summed E-state index contributed by atoms with van der Waals surface area (Å²) < 4.78 is 27.7. The maximum absolute atomic E-state index is 12.8. The van der Waals surface area contributed by atoms with Crippen molar-refractivity contribution in [2.75, 3.05) is 13.1 Å². The molecule has 1 heterocycles. The van der Waals surface area contributed by atoms with Crippen LogP contribution in [-0.4, -0.2) is 31.9 Å².